The number of hydrogen-bond acceptors (Lipinski definition) is 3. The zero-order chi connectivity index (χ0) is 16.5. The van der Waals surface area contributed by atoms with Crippen molar-refractivity contribution in [3.05, 3.63) is 60.2 Å². The Morgan fingerprint density at radius 3 is 2.20 bits per heavy atom. The van der Waals surface area contributed by atoms with Crippen LogP contribution in [-0.2, 0) is 11.3 Å². The van der Waals surface area contributed by atoms with Crippen molar-refractivity contribution < 1.29 is 4.79 Å². The maximum Gasteiger partial charge on any atom is 0.243 e. The van der Waals surface area contributed by atoms with Crippen molar-refractivity contribution >= 4 is 42.1 Å². The van der Waals surface area contributed by atoms with E-state index in [0.717, 1.165) is 31.0 Å². The van der Waals surface area contributed by atoms with Crippen LogP contribution in [0.5, 0.6) is 0 Å². The van der Waals surface area contributed by atoms with Gasteiger partial charge in [0.05, 0.1) is 6.54 Å². The average Bonchev–Trinajstić information content (AvgIpc) is 2.59. The van der Waals surface area contributed by atoms with Crippen LogP contribution in [0.3, 0.4) is 0 Å². The second-order valence-corrected chi connectivity index (χ2v) is 5.43. The molecule has 0 radical (unpaired) electrons. The smallest absolute Gasteiger partial charge is 0.243 e. The predicted molar refractivity (Wildman–Crippen MR) is 111 cm³/mol. The van der Waals surface area contributed by atoms with E-state index < -0.39 is 0 Å². The van der Waals surface area contributed by atoms with Gasteiger partial charge < -0.3 is 10.6 Å². The Balaban J connectivity index is 0.00000288. The lowest BCUT2D eigenvalue weighted by Gasteiger charge is -2.18. The molecule has 2 N–H and O–H groups in total. The van der Waals surface area contributed by atoms with Crippen LogP contribution in [0.25, 0.3) is 0 Å². The molecule has 4 nitrogen and oxygen atoms in total. The Morgan fingerprint density at radius 1 is 0.920 bits per heavy atom. The number of amides is 1. The Hall–Kier alpha value is -1.75. The number of rotatable bonds is 8. The molecule has 0 heterocycles. The summed E-state index contributed by atoms with van der Waals surface area (Å²) in [6.07, 6.45) is 0. The number of halogens is 2. The predicted octanol–water partition coefficient (Wildman–Crippen LogP) is 4.42. The maximum absolute atomic E-state index is 12.0. The topological polar surface area (TPSA) is 44.4 Å². The normalized spacial score (nSPS) is 9.72. The molecule has 0 spiro atoms. The molecular weight excluding hydrogens is 357 g/mol. The van der Waals surface area contributed by atoms with E-state index in [1.807, 2.05) is 48.5 Å². The highest BCUT2D eigenvalue weighted by Gasteiger charge is 2.05. The molecular formula is C19H27Cl2N3O. The van der Waals surface area contributed by atoms with E-state index in [2.05, 4.69) is 35.4 Å². The second kappa shape index (κ2) is 12.6. The van der Waals surface area contributed by atoms with Crippen molar-refractivity contribution in [3.8, 4) is 0 Å². The molecule has 2 rings (SSSR count). The van der Waals surface area contributed by atoms with Crippen molar-refractivity contribution in [2.45, 2.75) is 20.4 Å². The Labute approximate surface area is 162 Å². The van der Waals surface area contributed by atoms with Crippen LogP contribution in [0.15, 0.2) is 54.6 Å². The lowest BCUT2D eigenvalue weighted by molar-refractivity contribution is -0.114. The minimum atomic E-state index is -0.0474. The number of nitrogens with one attached hydrogen (secondary N) is 2. The first-order chi connectivity index (χ1) is 11.2. The lowest BCUT2D eigenvalue weighted by Crippen LogP contribution is -2.23. The first-order valence-corrected chi connectivity index (χ1v) is 8.11. The molecule has 2 aromatic rings. The average molecular weight is 384 g/mol. The minimum absolute atomic E-state index is 0. The van der Waals surface area contributed by atoms with Crippen molar-refractivity contribution in [1.82, 2.24) is 4.90 Å². The van der Waals surface area contributed by atoms with Gasteiger partial charge in [0.25, 0.3) is 0 Å². The summed E-state index contributed by atoms with van der Waals surface area (Å²) in [5.41, 5.74) is 3.00. The van der Waals surface area contributed by atoms with Gasteiger partial charge in [0.1, 0.15) is 0 Å². The summed E-state index contributed by atoms with van der Waals surface area (Å²) >= 11 is 0. The highest BCUT2D eigenvalue weighted by atomic mass is 35.5. The number of carbonyl (C=O) groups excluding carboxylic acids is 1. The maximum atomic E-state index is 12.0. The van der Waals surface area contributed by atoms with E-state index in [1.54, 1.807) is 0 Å². The number of hydrogen-bond donors (Lipinski definition) is 2. The molecule has 25 heavy (non-hydrogen) atoms. The molecule has 2 aromatic carbocycles. The second-order valence-electron chi connectivity index (χ2n) is 5.43. The highest BCUT2D eigenvalue weighted by molar-refractivity contribution is 5.93. The number of benzene rings is 2. The summed E-state index contributed by atoms with van der Waals surface area (Å²) in [6.45, 7) is 7.51. The summed E-state index contributed by atoms with van der Waals surface area (Å²) in [7, 11) is 0. The van der Waals surface area contributed by atoms with Gasteiger partial charge in [-0.3, -0.25) is 9.69 Å². The third-order valence-corrected chi connectivity index (χ3v) is 3.74. The third-order valence-electron chi connectivity index (χ3n) is 3.74. The zero-order valence-electron chi connectivity index (χ0n) is 14.7. The van der Waals surface area contributed by atoms with Crippen molar-refractivity contribution in [1.29, 1.82) is 0 Å². The first-order valence-electron chi connectivity index (χ1n) is 8.11. The fourth-order valence-corrected chi connectivity index (χ4v) is 2.40. The zero-order valence-corrected chi connectivity index (χ0v) is 16.3. The summed E-state index contributed by atoms with van der Waals surface area (Å²) in [4.78, 5) is 14.4. The van der Waals surface area contributed by atoms with Crippen molar-refractivity contribution in [3.63, 3.8) is 0 Å². The van der Waals surface area contributed by atoms with Gasteiger partial charge in [0.2, 0.25) is 5.91 Å². The lowest BCUT2D eigenvalue weighted by atomic mass is 10.2. The van der Waals surface area contributed by atoms with Gasteiger partial charge in [-0.2, -0.15) is 0 Å². The number of nitrogens with zero attached hydrogens (tertiary/aromatic N) is 1. The van der Waals surface area contributed by atoms with Crippen molar-refractivity contribution in [2.75, 3.05) is 30.3 Å². The van der Waals surface area contributed by atoms with E-state index in [0.29, 0.717) is 0 Å². The molecule has 0 aromatic heterocycles. The van der Waals surface area contributed by atoms with Gasteiger partial charge in [0, 0.05) is 17.9 Å². The molecule has 0 fully saturated rings. The highest BCUT2D eigenvalue weighted by Crippen LogP contribution is 2.13. The number of para-hydroxylation sites is 1. The summed E-state index contributed by atoms with van der Waals surface area (Å²) in [5.74, 6) is -0.0474. The summed E-state index contributed by atoms with van der Waals surface area (Å²) < 4.78 is 0. The van der Waals surface area contributed by atoms with Gasteiger partial charge in [-0.05, 0) is 42.9 Å². The van der Waals surface area contributed by atoms with Crippen LogP contribution in [0.1, 0.15) is 19.4 Å². The van der Waals surface area contributed by atoms with E-state index in [-0.39, 0.29) is 37.3 Å². The molecule has 1 amide bonds. The molecule has 0 aliphatic rings. The number of anilines is 2. The molecule has 0 saturated carbocycles. The molecule has 0 aliphatic heterocycles. The fourth-order valence-electron chi connectivity index (χ4n) is 2.40. The minimum Gasteiger partial charge on any atom is -0.376 e. The van der Waals surface area contributed by atoms with Crippen LogP contribution in [0.2, 0.25) is 0 Å². The van der Waals surface area contributed by atoms with E-state index in [4.69, 9.17) is 0 Å². The van der Waals surface area contributed by atoms with Gasteiger partial charge in [0.15, 0.2) is 0 Å². The van der Waals surface area contributed by atoms with Crippen LogP contribution in [0.4, 0.5) is 11.4 Å². The molecule has 0 atom stereocenters. The largest absolute Gasteiger partial charge is 0.376 e. The van der Waals surface area contributed by atoms with Crippen LogP contribution < -0.4 is 10.6 Å². The molecule has 6 heteroatoms. The third kappa shape index (κ3) is 8.25. The summed E-state index contributed by atoms with van der Waals surface area (Å²) in [6, 6.07) is 17.8. The number of carbonyl (C=O) groups is 1. The summed E-state index contributed by atoms with van der Waals surface area (Å²) in [5, 5.41) is 6.05. The SMILES string of the molecule is CCN(CC)Cc1cccc(NC(=O)CNc2ccccc2)c1.Cl.Cl. The fraction of sp³-hybridized carbons (Fsp3) is 0.316. The van der Waals surface area contributed by atoms with Crippen molar-refractivity contribution in [2.24, 2.45) is 0 Å². The standard InChI is InChI=1S/C19H25N3O.2ClH/c1-3-22(4-2)15-16-9-8-12-18(13-16)21-19(23)14-20-17-10-6-5-7-11-17;;/h5-13,20H,3-4,14-15H2,1-2H3,(H,21,23);2*1H. The van der Waals surface area contributed by atoms with Crippen LogP contribution in [-0.4, -0.2) is 30.4 Å². The van der Waals surface area contributed by atoms with E-state index >= 15 is 0 Å². The molecule has 0 unspecified atom stereocenters. The van der Waals surface area contributed by atoms with Gasteiger partial charge >= 0.3 is 0 Å². The molecule has 0 bridgehead atoms. The van der Waals surface area contributed by atoms with E-state index in [9.17, 15) is 4.79 Å². The molecule has 138 valence electrons. The monoisotopic (exact) mass is 383 g/mol. The van der Waals surface area contributed by atoms with Crippen LogP contribution >= 0.6 is 24.8 Å². The van der Waals surface area contributed by atoms with Gasteiger partial charge in [-0.25, -0.2) is 0 Å². The van der Waals surface area contributed by atoms with E-state index in [1.165, 1.54) is 5.56 Å². The molecule has 0 aliphatic carbocycles. The quantitative estimate of drug-likeness (QED) is 0.708. The molecule has 0 saturated heterocycles. The van der Waals surface area contributed by atoms with Gasteiger partial charge in [-0.1, -0.05) is 44.2 Å². The van der Waals surface area contributed by atoms with Gasteiger partial charge in [-0.15, -0.1) is 24.8 Å². The Bertz CT molecular complexity index is 619. The van der Waals surface area contributed by atoms with Crippen LogP contribution in [0, 0.1) is 0 Å². The Morgan fingerprint density at radius 2 is 1.56 bits per heavy atom. The first kappa shape index (κ1) is 23.2. The Kier molecular flexibility index (Phi) is 11.7.